The summed E-state index contributed by atoms with van der Waals surface area (Å²) < 4.78 is 0. The molecule has 1 fully saturated rings. The maximum absolute atomic E-state index is 10.6. The van der Waals surface area contributed by atoms with Crippen LogP contribution in [-0.2, 0) is 11.3 Å². The van der Waals surface area contributed by atoms with E-state index in [1.54, 1.807) is 6.20 Å². The summed E-state index contributed by atoms with van der Waals surface area (Å²) in [5, 5.41) is 12.3. The molecule has 0 aliphatic heterocycles. The van der Waals surface area contributed by atoms with E-state index in [0.717, 1.165) is 32.2 Å². The van der Waals surface area contributed by atoms with Crippen molar-refractivity contribution in [1.82, 2.24) is 10.3 Å². The van der Waals surface area contributed by atoms with Crippen LogP contribution in [-0.4, -0.2) is 22.1 Å². The third kappa shape index (κ3) is 4.11. The number of carbonyl (C=O) groups is 1. The molecule has 1 aromatic rings. The molecule has 0 bridgehead atoms. The number of hydrogen-bond donors (Lipinski definition) is 2. The van der Waals surface area contributed by atoms with Gasteiger partial charge in [0.05, 0.1) is 0 Å². The average molecular weight is 248 g/mol. The van der Waals surface area contributed by atoms with Crippen molar-refractivity contribution in [3.63, 3.8) is 0 Å². The van der Waals surface area contributed by atoms with Gasteiger partial charge in [-0.2, -0.15) is 0 Å². The van der Waals surface area contributed by atoms with E-state index < -0.39 is 5.97 Å². The van der Waals surface area contributed by atoms with E-state index in [2.05, 4.69) is 16.4 Å². The number of carboxylic acids is 1. The second-order valence-corrected chi connectivity index (χ2v) is 5.06. The molecule has 2 N–H and O–H groups in total. The predicted molar refractivity (Wildman–Crippen MR) is 69.1 cm³/mol. The van der Waals surface area contributed by atoms with E-state index in [4.69, 9.17) is 5.11 Å². The molecule has 18 heavy (non-hydrogen) atoms. The number of carboxylic acid groups (broad SMARTS) is 1. The number of hydrogen-bond acceptors (Lipinski definition) is 3. The Kier molecular flexibility index (Phi) is 4.70. The number of nitrogens with one attached hydrogen (secondary N) is 1. The number of pyridine rings is 1. The molecule has 0 unspecified atom stereocenters. The lowest BCUT2D eigenvalue weighted by Crippen LogP contribution is -2.33. The molecule has 0 atom stereocenters. The molecule has 1 aliphatic rings. The Hall–Kier alpha value is -1.42. The van der Waals surface area contributed by atoms with Gasteiger partial charge in [-0.3, -0.25) is 9.78 Å². The normalized spacial score (nSPS) is 23.8. The Morgan fingerprint density at radius 3 is 2.78 bits per heavy atom. The smallest absolute Gasteiger partial charge is 0.303 e. The van der Waals surface area contributed by atoms with Crippen molar-refractivity contribution in [2.75, 3.05) is 0 Å². The van der Waals surface area contributed by atoms with Gasteiger partial charge in [0.2, 0.25) is 0 Å². The Balaban J connectivity index is 1.69. The highest BCUT2D eigenvalue weighted by atomic mass is 16.4. The third-order valence-corrected chi connectivity index (χ3v) is 3.63. The van der Waals surface area contributed by atoms with Gasteiger partial charge in [0.15, 0.2) is 0 Å². The molecule has 98 valence electrons. The van der Waals surface area contributed by atoms with Gasteiger partial charge in [0, 0.05) is 31.4 Å². The monoisotopic (exact) mass is 248 g/mol. The van der Waals surface area contributed by atoms with Crippen molar-refractivity contribution in [3.8, 4) is 0 Å². The zero-order chi connectivity index (χ0) is 12.8. The molecular formula is C14H20N2O2. The van der Waals surface area contributed by atoms with E-state index in [-0.39, 0.29) is 0 Å². The average Bonchev–Trinajstić information content (AvgIpc) is 2.38. The highest BCUT2D eigenvalue weighted by Gasteiger charge is 2.22. The van der Waals surface area contributed by atoms with E-state index in [1.165, 1.54) is 5.56 Å². The maximum Gasteiger partial charge on any atom is 0.303 e. The van der Waals surface area contributed by atoms with E-state index in [1.807, 2.05) is 12.3 Å². The fourth-order valence-corrected chi connectivity index (χ4v) is 2.58. The fraction of sp³-hybridized carbons (Fsp3) is 0.571. The number of aromatic nitrogens is 1. The predicted octanol–water partition coefficient (Wildman–Crippen LogP) is 2.20. The van der Waals surface area contributed by atoms with Crippen LogP contribution < -0.4 is 5.32 Å². The summed E-state index contributed by atoms with van der Waals surface area (Å²) in [6, 6.07) is 4.53. The van der Waals surface area contributed by atoms with Crippen LogP contribution in [0.1, 0.15) is 37.7 Å². The van der Waals surface area contributed by atoms with E-state index in [9.17, 15) is 4.79 Å². The molecule has 4 heteroatoms. The van der Waals surface area contributed by atoms with E-state index in [0.29, 0.717) is 18.4 Å². The fourth-order valence-electron chi connectivity index (χ4n) is 2.58. The molecule has 0 aromatic carbocycles. The molecule has 0 saturated heterocycles. The van der Waals surface area contributed by atoms with Crippen LogP contribution in [0.2, 0.25) is 0 Å². The van der Waals surface area contributed by atoms with Crippen molar-refractivity contribution in [2.45, 2.75) is 44.7 Å². The molecule has 0 amide bonds. The SMILES string of the molecule is O=C(O)CC1CCC(NCc2cccnc2)CC1. The Morgan fingerprint density at radius 2 is 2.17 bits per heavy atom. The van der Waals surface area contributed by atoms with Gasteiger partial charge in [-0.15, -0.1) is 0 Å². The van der Waals surface area contributed by atoms with Crippen molar-refractivity contribution in [1.29, 1.82) is 0 Å². The second-order valence-electron chi connectivity index (χ2n) is 5.06. The highest BCUT2D eigenvalue weighted by molar-refractivity contribution is 5.67. The largest absolute Gasteiger partial charge is 0.481 e. The van der Waals surface area contributed by atoms with Crippen LogP contribution in [0.15, 0.2) is 24.5 Å². The molecule has 4 nitrogen and oxygen atoms in total. The lowest BCUT2D eigenvalue weighted by atomic mass is 9.84. The molecule has 0 radical (unpaired) electrons. The first-order valence-corrected chi connectivity index (χ1v) is 6.58. The van der Waals surface area contributed by atoms with Gasteiger partial charge in [0.25, 0.3) is 0 Å². The van der Waals surface area contributed by atoms with Crippen molar-refractivity contribution in [3.05, 3.63) is 30.1 Å². The summed E-state index contributed by atoms with van der Waals surface area (Å²) in [4.78, 5) is 14.7. The summed E-state index contributed by atoms with van der Waals surface area (Å²) in [7, 11) is 0. The molecule has 1 heterocycles. The molecular weight excluding hydrogens is 228 g/mol. The lowest BCUT2D eigenvalue weighted by Gasteiger charge is -2.28. The standard InChI is InChI=1S/C14H20N2O2/c17-14(18)8-11-3-5-13(6-4-11)16-10-12-2-1-7-15-9-12/h1-2,7,9,11,13,16H,3-6,8,10H2,(H,17,18). The molecule has 1 aliphatic carbocycles. The Bertz CT molecular complexity index is 373. The number of rotatable bonds is 5. The maximum atomic E-state index is 10.6. The Morgan fingerprint density at radius 1 is 1.39 bits per heavy atom. The summed E-state index contributed by atoms with van der Waals surface area (Å²) in [5.74, 6) is -0.291. The highest BCUT2D eigenvalue weighted by Crippen LogP contribution is 2.26. The first kappa shape index (κ1) is 13.0. The van der Waals surface area contributed by atoms with E-state index >= 15 is 0 Å². The van der Waals surface area contributed by atoms with Crippen molar-refractivity contribution < 1.29 is 9.90 Å². The van der Waals surface area contributed by atoms with Gasteiger partial charge >= 0.3 is 5.97 Å². The molecule has 2 rings (SSSR count). The van der Waals surface area contributed by atoms with Crippen LogP contribution in [0.3, 0.4) is 0 Å². The molecule has 1 saturated carbocycles. The zero-order valence-corrected chi connectivity index (χ0v) is 10.5. The number of nitrogens with zero attached hydrogens (tertiary/aromatic N) is 1. The summed E-state index contributed by atoms with van der Waals surface area (Å²) in [6.45, 7) is 0.849. The number of aliphatic carboxylic acids is 1. The topological polar surface area (TPSA) is 62.2 Å². The summed E-state index contributed by atoms with van der Waals surface area (Å²) >= 11 is 0. The van der Waals surface area contributed by atoms with Crippen molar-refractivity contribution >= 4 is 5.97 Å². The second kappa shape index (κ2) is 6.50. The van der Waals surface area contributed by atoms with Crippen molar-refractivity contribution in [2.24, 2.45) is 5.92 Å². The molecule has 0 spiro atoms. The van der Waals surface area contributed by atoms with Gasteiger partial charge in [-0.25, -0.2) is 0 Å². The minimum absolute atomic E-state index is 0.329. The quantitative estimate of drug-likeness (QED) is 0.838. The van der Waals surface area contributed by atoms with Gasteiger partial charge < -0.3 is 10.4 Å². The summed E-state index contributed by atoms with van der Waals surface area (Å²) in [6.07, 6.45) is 8.20. The zero-order valence-electron chi connectivity index (χ0n) is 10.5. The molecule has 1 aromatic heterocycles. The van der Waals surface area contributed by atoms with Gasteiger partial charge in [-0.05, 0) is 43.2 Å². The van der Waals surface area contributed by atoms with Gasteiger partial charge in [-0.1, -0.05) is 6.07 Å². The van der Waals surface area contributed by atoms with Crippen LogP contribution >= 0.6 is 0 Å². The minimum atomic E-state index is -0.665. The third-order valence-electron chi connectivity index (χ3n) is 3.63. The minimum Gasteiger partial charge on any atom is -0.481 e. The van der Waals surface area contributed by atoms with Crippen LogP contribution in [0, 0.1) is 5.92 Å². The van der Waals surface area contributed by atoms with Crippen LogP contribution in [0.4, 0.5) is 0 Å². The van der Waals surface area contributed by atoms with Gasteiger partial charge in [0.1, 0.15) is 0 Å². The lowest BCUT2D eigenvalue weighted by molar-refractivity contribution is -0.138. The summed E-state index contributed by atoms with van der Waals surface area (Å²) in [5.41, 5.74) is 1.20. The van der Waals surface area contributed by atoms with Crippen LogP contribution in [0.5, 0.6) is 0 Å². The first-order chi connectivity index (χ1) is 8.74. The van der Waals surface area contributed by atoms with Crippen LogP contribution in [0.25, 0.3) is 0 Å². The Labute approximate surface area is 107 Å². The first-order valence-electron chi connectivity index (χ1n) is 6.58.